The number of hydrogen-bond acceptors (Lipinski definition) is 11. The molecule has 4 aromatic rings. The molecule has 3 unspecified atom stereocenters. The van der Waals surface area contributed by atoms with Gasteiger partial charge in [-0.3, -0.25) is 33.6 Å². The molecule has 1 fully saturated rings. The molecule has 1 aliphatic rings. The van der Waals surface area contributed by atoms with Crippen LogP contribution >= 0.6 is 11.6 Å². The highest BCUT2D eigenvalue weighted by Crippen LogP contribution is 2.38. The number of likely N-dealkylation sites (N-methyl/N-ethyl adjacent to an activating group) is 1. The Kier molecular flexibility index (Phi) is 22.1. The molecule has 66 heavy (non-hydrogen) atoms. The van der Waals surface area contributed by atoms with Crippen molar-refractivity contribution in [2.24, 2.45) is 11.5 Å². The molecular formula is C47H59ClN8O10. The second-order valence-corrected chi connectivity index (χ2v) is 15.6. The van der Waals surface area contributed by atoms with E-state index in [0.717, 1.165) is 17.7 Å². The van der Waals surface area contributed by atoms with Gasteiger partial charge in [-0.05, 0) is 97.1 Å². The fourth-order valence-corrected chi connectivity index (χ4v) is 6.75. The van der Waals surface area contributed by atoms with Crippen LogP contribution in [0.4, 0.5) is 0 Å². The van der Waals surface area contributed by atoms with Gasteiger partial charge in [-0.15, -0.1) is 0 Å². The van der Waals surface area contributed by atoms with Gasteiger partial charge in [0.25, 0.3) is 5.91 Å². The van der Waals surface area contributed by atoms with Crippen molar-refractivity contribution in [1.29, 1.82) is 0 Å². The van der Waals surface area contributed by atoms with Crippen molar-refractivity contribution < 1.29 is 48.9 Å². The molecule has 0 radical (unpaired) electrons. The molecule has 0 bridgehead atoms. The Balaban J connectivity index is 0.00000133. The monoisotopic (exact) mass is 930 g/mol. The number of rotatable bonds is 18. The Hall–Kier alpha value is -7.02. The average Bonchev–Trinajstić information content (AvgIpc) is 3.76. The first-order valence-electron chi connectivity index (χ1n) is 21.2. The van der Waals surface area contributed by atoms with Gasteiger partial charge in [0.2, 0.25) is 36.4 Å². The molecule has 19 heteroatoms. The SMILES string of the molecule is CC(c1ccc(O)c(-c2cc(CC(NC(=O)CNC=O)C(=O)NCC(=O)N3CCC(O)C3)ccc2O)c1)N(C)C(=O)CNC(=O)c1ccc(-c2ccc(Cl)cc2)cc1.CCCCN.NC=O. The van der Waals surface area contributed by atoms with E-state index in [2.05, 4.69) is 33.9 Å². The van der Waals surface area contributed by atoms with Crippen LogP contribution in [0.25, 0.3) is 22.3 Å². The summed E-state index contributed by atoms with van der Waals surface area (Å²) in [5.74, 6) is -2.93. The smallest absolute Gasteiger partial charge is 0.251 e. The van der Waals surface area contributed by atoms with E-state index >= 15 is 0 Å². The van der Waals surface area contributed by atoms with E-state index in [1.807, 2.05) is 12.1 Å². The minimum absolute atomic E-state index is 0.102. The average molecular weight is 931 g/mol. The summed E-state index contributed by atoms with van der Waals surface area (Å²) in [6.45, 7) is 4.20. The van der Waals surface area contributed by atoms with E-state index in [4.69, 9.17) is 22.1 Å². The number of aliphatic hydroxyl groups is 1. The highest BCUT2D eigenvalue weighted by Gasteiger charge is 2.27. The number of halogens is 1. The number of carbonyl (C=O) groups is 7. The van der Waals surface area contributed by atoms with Crippen molar-refractivity contribution in [2.75, 3.05) is 46.3 Å². The van der Waals surface area contributed by atoms with Crippen LogP contribution in [-0.2, 0) is 35.2 Å². The predicted molar refractivity (Wildman–Crippen MR) is 250 cm³/mol. The Morgan fingerprint density at radius 3 is 2.05 bits per heavy atom. The minimum Gasteiger partial charge on any atom is -0.507 e. The molecule has 1 aliphatic heterocycles. The van der Waals surface area contributed by atoms with E-state index in [-0.39, 0.29) is 61.0 Å². The Bertz CT molecular complexity index is 2260. The lowest BCUT2D eigenvalue weighted by Crippen LogP contribution is -2.51. The number of unbranched alkanes of at least 4 members (excludes halogenated alkanes) is 1. The zero-order valence-electron chi connectivity index (χ0n) is 37.2. The number of hydrogen-bond donors (Lipinski definition) is 9. The van der Waals surface area contributed by atoms with E-state index in [0.29, 0.717) is 41.1 Å². The number of phenolic OH excluding ortho intramolecular Hbond substituents is 2. The molecule has 0 spiro atoms. The van der Waals surface area contributed by atoms with Crippen molar-refractivity contribution in [3.05, 3.63) is 107 Å². The zero-order chi connectivity index (χ0) is 48.8. The topological polar surface area (TPSA) is 287 Å². The third-order valence-electron chi connectivity index (χ3n) is 10.5. The third-order valence-corrected chi connectivity index (χ3v) is 10.7. The summed E-state index contributed by atoms with van der Waals surface area (Å²) in [6, 6.07) is 21.6. The maximum atomic E-state index is 13.3. The van der Waals surface area contributed by atoms with Crippen molar-refractivity contribution in [2.45, 2.75) is 57.7 Å². The number of β-amino-alcohol motifs (C(OH)–C–C–N with tert-alkyl or cyclic N) is 1. The second-order valence-electron chi connectivity index (χ2n) is 15.2. The van der Waals surface area contributed by atoms with E-state index in [9.17, 15) is 44.1 Å². The van der Waals surface area contributed by atoms with Crippen LogP contribution in [-0.4, -0.2) is 126 Å². The van der Waals surface area contributed by atoms with Gasteiger partial charge in [0.05, 0.1) is 31.8 Å². The van der Waals surface area contributed by atoms with E-state index in [1.165, 1.54) is 46.9 Å². The zero-order valence-corrected chi connectivity index (χ0v) is 37.9. The molecule has 3 atom stereocenters. The van der Waals surface area contributed by atoms with Crippen LogP contribution < -0.4 is 32.7 Å². The summed E-state index contributed by atoms with van der Waals surface area (Å²) in [6.07, 6.45) is 2.66. The van der Waals surface area contributed by atoms with Crippen LogP contribution in [0.2, 0.25) is 5.02 Å². The molecule has 18 nitrogen and oxygen atoms in total. The molecule has 0 saturated carbocycles. The molecule has 1 heterocycles. The number of nitrogens with two attached hydrogens (primary N) is 2. The van der Waals surface area contributed by atoms with Gasteiger partial charge in [-0.25, -0.2) is 0 Å². The highest BCUT2D eigenvalue weighted by molar-refractivity contribution is 6.30. The van der Waals surface area contributed by atoms with Crippen molar-refractivity contribution in [3.8, 4) is 33.8 Å². The maximum absolute atomic E-state index is 13.3. The van der Waals surface area contributed by atoms with Gasteiger partial charge in [0.15, 0.2) is 0 Å². The molecular weight excluding hydrogens is 872 g/mol. The maximum Gasteiger partial charge on any atom is 0.251 e. The highest BCUT2D eigenvalue weighted by atomic mass is 35.5. The normalized spacial score (nSPS) is 13.5. The van der Waals surface area contributed by atoms with Crippen LogP contribution in [0.3, 0.4) is 0 Å². The van der Waals surface area contributed by atoms with Gasteiger partial charge in [0, 0.05) is 48.3 Å². The second kappa shape index (κ2) is 27.3. The molecule has 0 aromatic heterocycles. The van der Waals surface area contributed by atoms with Crippen molar-refractivity contribution in [1.82, 2.24) is 31.1 Å². The van der Waals surface area contributed by atoms with Crippen LogP contribution in [0, 0.1) is 0 Å². The lowest BCUT2D eigenvalue weighted by atomic mass is 9.95. The van der Waals surface area contributed by atoms with Crippen LogP contribution in [0.15, 0.2) is 84.9 Å². The molecule has 7 amide bonds. The fourth-order valence-electron chi connectivity index (χ4n) is 6.63. The summed E-state index contributed by atoms with van der Waals surface area (Å²) < 4.78 is 0. The molecule has 11 N–H and O–H groups in total. The largest absolute Gasteiger partial charge is 0.507 e. The van der Waals surface area contributed by atoms with Gasteiger partial charge >= 0.3 is 0 Å². The van der Waals surface area contributed by atoms with E-state index < -0.39 is 48.4 Å². The first kappa shape index (κ1) is 53.3. The standard InChI is InChI=1S/C42H45ClN6O9.C4H11N.CH3NO/c1-25(48(2)39(55)21-45-41(57)29-6-4-27(5-7-29)28-8-11-31(43)12-9-28)30-10-14-37(53)34(19-30)33-17-26(3-13-36(33)52)18-35(47-38(54)20-44-24-50)42(58)46-22-40(56)49-16-15-32(51)23-49;1-2-3-4-5;2-1-3/h3-14,17,19,24-25,32,35,51-53H,15-16,18,20-23H2,1-2H3,(H,44,50)(H,45,57)(H,46,58)(H,47,54);2-5H2,1H3;1H,(H2,2,3). The lowest BCUT2D eigenvalue weighted by Gasteiger charge is -2.26. The Labute approximate surface area is 388 Å². The number of likely N-dealkylation sites (tertiary alicyclic amines) is 1. The summed E-state index contributed by atoms with van der Waals surface area (Å²) in [7, 11) is 1.58. The number of phenols is 2. The van der Waals surface area contributed by atoms with Gasteiger partial charge in [0.1, 0.15) is 17.5 Å². The minimum atomic E-state index is -1.20. The van der Waals surface area contributed by atoms with E-state index in [1.54, 1.807) is 62.5 Å². The molecule has 4 aromatic carbocycles. The lowest BCUT2D eigenvalue weighted by molar-refractivity contribution is -0.133. The summed E-state index contributed by atoms with van der Waals surface area (Å²) in [5.41, 5.74) is 13.0. The first-order chi connectivity index (χ1) is 31.6. The number of nitrogens with one attached hydrogen (secondary N) is 4. The Morgan fingerprint density at radius 2 is 1.48 bits per heavy atom. The quantitative estimate of drug-likeness (QED) is 0.0653. The molecule has 1 saturated heterocycles. The van der Waals surface area contributed by atoms with Gasteiger partial charge in [-0.2, -0.15) is 0 Å². The number of nitrogens with zero attached hydrogens (tertiary/aromatic N) is 2. The van der Waals surface area contributed by atoms with Crippen LogP contribution in [0.5, 0.6) is 11.5 Å². The number of primary amides is 1. The summed E-state index contributed by atoms with van der Waals surface area (Å²) >= 11 is 5.98. The number of amides is 7. The molecule has 5 rings (SSSR count). The number of aromatic hydroxyl groups is 2. The molecule has 0 aliphatic carbocycles. The first-order valence-corrected chi connectivity index (χ1v) is 21.5. The summed E-state index contributed by atoms with van der Waals surface area (Å²) in [5, 5.41) is 42.2. The fraction of sp³-hybridized carbons (Fsp3) is 0.340. The number of aliphatic hydroxyl groups excluding tert-OH is 1. The number of benzene rings is 4. The van der Waals surface area contributed by atoms with Gasteiger partial charge < -0.3 is 57.9 Å². The molecule has 354 valence electrons. The number of carbonyl (C=O) groups excluding carboxylic acids is 7. The van der Waals surface area contributed by atoms with Crippen molar-refractivity contribution in [3.63, 3.8) is 0 Å². The van der Waals surface area contributed by atoms with Gasteiger partial charge in [-0.1, -0.05) is 61.3 Å². The Morgan fingerprint density at radius 1 is 0.879 bits per heavy atom. The van der Waals surface area contributed by atoms with Crippen molar-refractivity contribution >= 4 is 54.0 Å². The third kappa shape index (κ3) is 16.5. The summed E-state index contributed by atoms with van der Waals surface area (Å²) in [4.78, 5) is 86.8. The van der Waals surface area contributed by atoms with Crippen LogP contribution in [0.1, 0.15) is 60.6 Å². The predicted octanol–water partition coefficient (Wildman–Crippen LogP) is 2.36.